The standard InChI is InChI=1S/C15H19Cl2NO3/c16-13-2-1-3-14(17)12(13)6-15(20)18-7-11(19)9-21-8-10-4-5-10/h1-3,10-11,19H,4-9H2,(H,18,20). The fourth-order valence-corrected chi connectivity index (χ4v) is 2.40. The summed E-state index contributed by atoms with van der Waals surface area (Å²) >= 11 is 12.0. The number of amides is 1. The van der Waals surface area contributed by atoms with Gasteiger partial charge >= 0.3 is 0 Å². The summed E-state index contributed by atoms with van der Waals surface area (Å²) in [6.07, 6.45) is 1.82. The summed E-state index contributed by atoms with van der Waals surface area (Å²) in [6, 6.07) is 5.11. The van der Waals surface area contributed by atoms with Crippen LogP contribution in [0.25, 0.3) is 0 Å². The molecule has 0 aromatic heterocycles. The van der Waals surface area contributed by atoms with E-state index in [-0.39, 0.29) is 25.5 Å². The van der Waals surface area contributed by atoms with Crippen molar-refractivity contribution < 1.29 is 14.6 Å². The van der Waals surface area contributed by atoms with Gasteiger partial charge in [-0.1, -0.05) is 29.3 Å². The van der Waals surface area contributed by atoms with E-state index >= 15 is 0 Å². The zero-order valence-corrected chi connectivity index (χ0v) is 13.2. The normalized spacial score (nSPS) is 15.8. The van der Waals surface area contributed by atoms with Crippen LogP contribution in [0.1, 0.15) is 18.4 Å². The first-order valence-corrected chi connectivity index (χ1v) is 7.77. The van der Waals surface area contributed by atoms with E-state index in [1.54, 1.807) is 18.2 Å². The zero-order chi connectivity index (χ0) is 15.2. The number of aliphatic hydroxyl groups excluding tert-OH is 1. The Balaban J connectivity index is 1.68. The van der Waals surface area contributed by atoms with E-state index in [2.05, 4.69) is 5.32 Å². The molecule has 1 amide bonds. The molecule has 116 valence electrons. The van der Waals surface area contributed by atoms with Gasteiger partial charge in [0.05, 0.1) is 19.1 Å². The molecule has 1 aromatic carbocycles. The number of rotatable bonds is 8. The van der Waals surface area contributed by atoms with Crippen molar-refractivity contribution in [3.63, 3.8) is 0 Å². The van der Waals surface area contributed by atoms with Crippen LogP contribution in [0.15, 0.2) is 18.2 Å². The van der Waals surface area contributed by atoms with Crippen LogP contribution in [-0.2, 0) is 16.0 Å². The van der Waals surface area contributed by atoms with Gasteiger partial charge in [0.2, 0.25) is 5.91 Å². The fraction of sp³-hybridized carbons (Fsp3) is 0.533. The molecule has 1 atom stereocenters. The smallest absolute Gasteiger partial charge is 0.224 e. The Labute approximate surface area is 134 Å². The topological polar surface area (TPSA) is 58.6 Å². The second-order valence-electron chi connectivity index (χ2n) is 5.32. The van der Waals surface area contributed by atoms with E-state index in [1.807, 2.05) is 0 Å². The van der Waals surface area contributed by atoms with Crippen molar-refractivity contribution in [3.8, 4) is 0 Å². The summed E-state index contributed by atoms with van der Waals surface area (Å²) in [6.45, 7) is 1.09. The first-order valence-electron chi connectivity index (χ1n) is 7.01. The van der Waals surface area contributed by atoms with Crippen LogP contribution < -0.4 is 5.32 Å². The summed E-state index contributed by atoms with van der Waals surface area (Å²) < 4.78 is 5.36. The highest BCUT2D eigenvalue weighted by Crippen LogP contribution is 2.28. The summed E-state index contributed by atoms with van der Waals surface area (Å²) in [4.78, 5) is 11.8. The molecular weight excluding hydrogens is 313 g/mol. The molecule has 1 fully saturated rings. The molecule has 0 aliphatic heterocycles. The lowest BCUT2D eigenvalue weighted by molar-refractivity contribution is -0.121. The Bertz CT molecular complexity index is 472. The van der Waals surface area contributed by atoms with Crippen LogP contribution in [0.4, 0.5) is 0 Å². The quantitative estimate of drug-likeness (QED) is 0.769. The highest BCUT2D eigenvalue weighted by atomic mass is 35.5. The molecule has 1 aromatic rings. The molecule has 0 radical (unpaired) electrons. The highest BCUT2D eigenvalue weighted by molar-refractivity contribution is 6.36. The summed E-state index contributed by atoms with van der Waals surface area (Å²) in [5, 5.41) is 13.3. The van der Waals surface area contributed by atoms with Gasteiger partial charge in [-0.05, 0) is 36.5 Å². The second kappa shape index (κ2) is 7.99. The van der Waals surface area contributed by atoms with E-state index in [4.69, 9.17) is 27.9 Å². The summed E-state index contributed by atoms with van der Waals surface area (Å²) in [7, 11) is 0. The predicted octanol–water partition coefficient (Wildman–Crippen LogP) is 2.44. The van der Waals surface area contributed by atoms with Gasteiger partial charge in [0.25, 0.3) is 0 Å². The molecule has 6 heteroatoms. The molecule has 2 rings (SSSR count). The average molecular weight is 332 g/mol. The van der Waals surface area contributed by atoms with Crippen LogP contribution in [0.5, 0.6) is 0 Å². The lowest BCUT2D eigenvalue weighted by Gasteiger charge is -2.13. The monoisotopic (exact) mass is 331 g/mol. The number of nitrogens with one attached hydrogen (secondary N) is 1. The van der Waals surface area contributed by atoms with Crippen molar-refractivity contribution in [2.75, 3.05) is 19.8 Å². The first-order chi connectivity index (χ1) is 10.1. The van der Waals surface area contributed by atoms with E-state index in [1.165, 1.54) is 12.8 Å². The summed E-state index contributed by atoms with van der Waals surface area (Å²) in [5.74, 6) is 0.431. The maximum absolute atomic E-state index is 11.8. The molecule has 4 nitrogen and oxygen atoms in total. The van der Waals surface area contributed by atoms with Gasteiger partial charge in [0.15, 0.2) is 0 Å². The van der Waals surface area contributed by atoms with Crippen LogP contribution >= 0.6 is 23.2 Å². The lowest BCUT2D eigenvalue weighted by Crippen LogP contribution is -2.35. The van der Waals surface area contributed by atoms with E-state index < -0.39 is 6.10 Å². The van der Waals surface area contributed by atoms with Crippen LogP contribution in [0.2, 0.25) is 10.0 Å². The second-order valence-corrected chi connectivity index (χ2v) is 6.13. The molecular formula is C15H19Cl2NO3. The number of ether oxygens (including phenoxy) is 1. The number of halogens is 2. The van der Waals surface area contributed by atoms with E-state index in [9.17, 15) is 9.90 Å². The van der Waals surface area contributed by atoms with Crippen molar-refractivity contribution in [1.82, 2.24) is 5.32 Å². The minimum atomic E-state index is -0.700. The van der Waals surface area contributed by atoms with Gasteiger partial charge < -0.3 is 15.2 Å². The highest BCUT2D eigenvalue weighted by Gasteiger charge is 2.21. The summed E-state index contributed by atoms with van der Waals surface area (Å²) in [5.41, 5.74) is 0.595. The van der Waals surface area contributed by atoms with Crippen LogP contribution in [0, 0.1) is 5.92 Å². The van der Waals surface area contributed by atoms with E-state index in [0.717, 1.165) is 0 Å². The SMILES string of the molecule is O=C(Cc1c(Cl)cccc1Cl)NCC(O)COCC1CC1. The van der Waals surface area contributed by atoms with Gasteiger partial charge in [-0.25, -0.2) is 0 Å². The molecule has 2 N–H and O–H groups in total. The zero-order valence-electron chi connectivity index (χ0n) is 11.6. The Morgan fingerprint density at radius 2 is 2.05 bits per heavy atom. The molecule has 1 unspecified atom stereocenters. The molecule has 0 bridgehead atoms. The average Bonchev–Trinajstić information content (AvgIpc) is 3.25. The van der Waals surface area contributed by atoms with Gasteiger partial charge in [-0.2, -0.15) is 0 Å². The largest absolute Gasteiger partial charge is 0.389 e. The number of hydrogen-bond donors (Lipinski definition) is 2. The molecule has 1 saturated carbocycles. The molecule has 1 aliphatic carbocycles. The van der Waals surface area contributed by atoms with Gasteiger partial charge in [-0.3, -0.25) is 4.79 Å². The minimum absolute atomic E-state index is 0.0914. The van der Waals surface area contributed by atoms with Crippen molar-refractivity contribution >= 4 is 29.1 Å². The molecule has 0 heterocycles. The number of carbonyl (C=O) groups is 1. The van der Waals surface area contributed by atoms with Gasteiger partial charge in [0.1, 0.15) is 0 Å². The maximum atomic E-state index is 11.8. The fourth-order valence-electron chi connectivity index (χ4n) is 1.87. The number of hydrogen-bond acceptors (Lipinski definition) is 3. The predicted molar refractivity (Wildman–Crippen MR) is 82.7 cm³/mol. The first kappa shape index (κ1) is 16.6. The van der Waals surface area contributed by atoms with Gasteiger partial charge in [-0.15, -0.1) is 0 Å². The Morgan fingerprint density at radius 1 is 1.38 bits per heavy atom. The molecule has 21 heavy (non-hydrogen) atoms. The van der Waals surface area contributed by atoms with Crippen molar-refractivity contribution in [2.45, 2.75) is 25.4 Å². The third-order valence-corrected chi connectivity index (χ3v) is 4.00. The van der Waals surface area contributed by atoms with Crippen molar-refractivity contribution in [2.24, 2.45) is 5.92 Å². The Morgan fingerprint density at radius 3 is 2.67 bits per heavy atom. The van der Waals surface area contributed by atoms with Crippen LogP contribution in [0.3, 0.4) is 0 Å². The van der Waals surface area contributed by atoms with Crippen molar-refractivity contribution in [1.29, 1.82) is 0 Å². The lowest BCUT2D eigenvalue weighted by atomic mass is 10.1. The number of carbonyl (C=O) groups excluding carboxylic acids is 1. The molecule has 0 spiro atoms. The maximum Gasteiger partial charge on any atom is 0.224 e. The Kier molecular flexibility index (Phi) is 6.30. The number of benzene rings is 1. The van der Waals surface area contributed by atoms with Gasteiger partial charge in [0, 0.05) is 23.2 Å². The molecule has 0 saturated heterocycles. The molecule has 1 aliphatic rings. The minimum Gasteiger partial charge on any atom is -0.389 e. The third kappa shape index (κ3) is 5.83. The van der Waals surface area contributed by atoms with Crippen molar-refractivity contribution in [3.05, 3.63) is 33.8 Å². The number of aliphatic hydroxyl groups is 1. The Hall–Kier alpha value is -0.810. The van der Waals surface area contributed by atoms with E-state index in [0.29, 0.717) is 28.1 Å². The third-order valence-electron chi connectivity index (χ3n) is 3.29. The van der Waals surface area contributed by atoms with Crippen LogP contribution in [-0.4, -0.2) is 36.9 Å².